The van der Waals surface area contributed by atoms with E-state index >= 15 is 0 Å². The molecule has 0 radical (unpaired) electrons. The Morgan fingerprint density at radius 3 is 1.94 bits per heavy atom. The Morgan fingerprint density at radius 2 is 1.41 bits per heavy atom. The fourth-order valence-electron chi connectivity index (χ4n) is 4.37. The van der Waals surface area contributed by atoms with Crippen molar-refractivity contribution in [2.45, 2.75) is 19.4 Å². The number of carbonyl (C=O) groups excluding carboxylic acids is 2. The number of piperazine rings is 1. The van der Waals surface area contributed by atoms with E-state index in [-0.39, 0.29) is 18.4 Å². The predicted molar refractivity (Wildman–Crippen MR) is 131 cm³/mol. The molecule has 2 saturated heterocycles. The van der Waals surface area contributed by atoms with E-state index < -0.39 is 5.97 Å². The fourth-order valence-corrected chi connectivity index (χ4v) is 4.37. The first kappa shape index (κ1) is 23.6. The first-order chi connectivity index (χ1) is 16.4. The van der Waals surface area contributed by atoms with Crippen LogP contribution < -0.4 is 20.0 Å². The standard InChI is InChI=1S/C25H31N5O4/c1-27(12-11-24(32)33)18-19-2-4-20(5-3-19)28-14-16-29(17-15-28)21-6-8-22(9-7-21)30-13-10-23(31)26-25(30)34/h2-9H,10-18H2,1H3,(H,32,33)(H,26,31,34). The molecule has 9 nitrogen and oxygen atoms in total. The van der Waals surface area contributed by atoms with Crippen LogP contribution in [0.1, 0.15) is 18.4 Å². The zero-order valence-electron chi connectivity index (χ0n) is 19.4. The highest BCUT2D eigenvalue weighted by molar-refractivity contribution is 6.05. The van der Waals surface area contributed by atoms with E-state index in [2.05, 4.69) is 39.4 Å². The van der Waals surface area contributed by atoms with Gasteiger partial charge in [0.15, 0.2) is 0 Å². The monoisotopic (exact) mass is 465 g/mol. The number of nitrogens with one attached hydrogen (secondary N) is 1. The van der Waals surface area contributed by atoms with E-state index in [4.69, 9.17) is 5.11 Å². The molecule has 2 fully saturated rings. The smallest absolute Gasteiger partial charge is 0.328 e. The number of benzene rings is 2. The second-order valence-electron chi connectivity index (χ2n) is 8.79. The van der Waals surface area contributed by atoms with E-state index in [9.17, 15) is 14.4 Å². The van der Waals surface area contributed by atoms with Crippen LogP contribution in [-0.2, 0) is 16.1 Å². The van der Waals surface area contributed by atoms with Crippen molar-refractivity contribution < 1.29 is 19.5 Å². The summed E-state index contributed by atoms with van der Waals surface area (Å²) in [6.45, 7) is 5.29. The molecule has 34 heavy (non-hydrogen) atoms. The molecular weight excluding hydrogens is 434 g/mol. The summed E-state index contributed by atoms with van der Waals surface area (Å²) in [7, 11) is 1.94. The molecule has 0 spiro atoms. The van der Waals surface area contributed by atoms with Gasteiger partial charge in [-0.25, -0.2) is 4.79 Å². The number of imide groups is 1. The maximum Gasteiger partial charge on any atom is 0.328 e. The van der Waals surface area contributed by atoms with Crippen molar-refractivity contribution in [1.82, 2.24) is 10.2 Å². The van der Waals surface area contributed by atoms with E-state index in [1.807, 2.05) is 36.2 Å². The summed E-state index contributed by atoms with van der Waals surface area (Å²) in [5.74, 6) is -1.00. The first-order valence-electron chi connectivity index (χ1n) is 11.6. The van der Waals surface area contributed by atoms with Gasteiger partial charge in [-0.1, -0.05) is 12.1 Å². The SMILES string of the molecule is CN(CCC(=O)O)Cc1ccc(N2CCN(c3ccc(N4CCC(=O)NC4=O)cc3)CC2)cc1. The molecule has 0 saturated carbocycles. The molecule has 0 unspecified atom stereocenters. The Bertz CT molecular complexity index is 1020. The van der Waals surface area contributed by atoms with Crippen LogP contribution >= 0.6 is 0 Å². The van der Waals surface area contributed by atoms with E-state index in [0.717, 1.165) is 44.1 Å². The fraction of sp³-hybridized carbons (Fsp3) is 0.400. The van der Waals surface area contributed by atoms with E-state index in [1.165, 1.54) is 11.3 Å². The highest BCUT2D eigenvalue weighted by atomic mass is 16.4. The van der Waals surface area contributed by atoms with Gasteiger partial charge in [0.1, 0.15) is 0 Å². The normalized spacial score (nSPS) is 16.7. The molecule has 180 valence electrons. The summed E-state index contributed by atoms with van der Waals surface area (Å²) in [4.78, 5) is 42.5. The summed E-state index contributed by atoms with van der Waals surface area (Å²) >= 11 is 0. The van der Waals surface area contributed by atoms with E-state index in [1.54, 1.807) is 4.90 Å². The van der Waals surface area contributed by atoms with Crippen molar-refractivity contribution in [3.8, 4) is 0 Å². The molecule has 0 aromatic heterocycles. The van der Waals surface area contributed by atoms with Gasteiger partial charge in [0.25, 0.3) is 0 Å². The Kier molecular flexibility index (Phi) is 7.32. The molecule has 2 aromatic carbocycles. The van der Waals surface area contributed by atoms with Gasteiger partial charge in [0.05, 0.1) is 6.42 Å². The third-order valence-electron chi connectivity index (χ3n) is 6.32. The third kappa shape index (κ3) is 5.85. The number of carboxylic acid groups (broad SMARTS) is 1. The second-order valence-corrected chi connectivity index (χ2v) is 8.79. The molecule has 9 heteroatoms. The number of anilines is 3. The molecular formula is C25H31N5O4. The lowest BCUT2D eigenvalue weighted by molar-refractivity contribution is -0.137. The zero-order chi connectivity index (χ0) is 24.1. The number of rotatable bonds is 8. The third-order valence-corrected chi connectivity index (χ3v) is 6.32. The van der Waals surface area contributed by atoms with Gasteiger partial charge in [0.2, 0.25) is 5.91 Å². The summed E-state index contributed by atoms with van der Waals surface area (Å²) in [6.07, 6.45) is 0.466. The molecule has 2 aromatic rings. The molecule has 2 aliphatic rings. The lowest BCUT2D eigenvalue weighted by atomic mass is 10.1. The summed E-state index contributed by atoms with van der Waals surface area (Å²) in [5, 5.41) is 11.2. The molecule has 4 rings (SSSR count). The number of amides is 3. The average Bonchev–Trinajstić information content (AvgIpc) is 2.84. The number of carbonyl (C=O) groups is 3. The maximum atomic E-state index is 12.0. The lowest BCUT2D eigenvalue weighted by Crippen LogP contribution is -2.49. The van der Waals surface area contributed by atoms with Gasteiger partial charge in [-0.05, 0) is 49.0 Å². The number of hydrogen-bond donors (Lipinski definition) is 2. The molecule has 0 atom stereocenters. The van der Waals surface area contributed by atoms with Crippen LogP contribution in [0, 0.1) is 0 Å². The van der Waals surface area contributed by atoms with Crippen LogP contribution in [0.5, 0.6) is 0 Å². The summed E-state index contributed by atoms with van der Waals surface area (Å²) in [5.41, 5.74) is 4.28. The molecule has 0 bridgehead atoms. The van der Waals surface area contributed by atoms with Gasteiger partial charge < -0.3 is 19.8 Å². The molecule has 3 amide bonds. The van der Waals surface area contributed by atoms with Crippen LogP contribution in [-0.4, -0.2) is 74.2 Å². The minimum Gasteiger partial charge on any atom is -0.481 e. The predicted octanol–water partition coefficient (Wildman–Crippen LogP) is 2.37. The lowest BCUT2D eigenvalue weighted by Gasteiger charge is -2.37. The molecule has 2 heterocycles. The van der Waals surface area contributed by atoms with Gasteiger partial charge >= 0.3 is 12.0 Å². The Balaban J connectivity index is 1.28. The quantitative estimate of drug-likeness (QED) is 0.618. The number of urea groups is 1. The van der Waals surface area contributed by atoms with Gasteiger partial charge in [0, 0.05) is 69.3 Å². The molecule has 2 N–H and O–H groups in total. The minimum atomic E-state index is -0.774. The highest BCUT2D eigenvalue weighted by Crippen LogP contribution is 2.25. The number of aliphatic carboxylic acids is 1. The second kappa shape index (κ2) is 10.6. The van der Waals surface area contributed by atoms with Crippen LogP contribution in [0.3, 0.4) is 0 Å². The van der Waals surface area contributed by atoms with Crippen molar-refractivity contribution >= 4 is 35.0 Å². The van der Waals surface area contributed by atoms with E-state index in [0.29, 0.717) is 19.5 Å². The van der Waals surface area contributed by atoms with Crippen LogP contribution in [0.15, 0.2) is 48.5 Å². The van der Waals surface area contributed by atoms with Crippen molar-refractivity contribution in [3.63, 3.8) is 0 Å². The van der Waals surface area contributed by atoms with Gasteiger partial charge in [-0.2, -0.15) is 0 Å². The summed E-state index contributed by atoms with van der Waals surface area (Å²) in [6, 6.07) is 16.1. The number of nitrogens with zero attached hydrogens (tertiary/aromatic N) is 4. The first-order valence-corrected chi connectivity index (χ1v) is 11.6. The molecule has 2 aliphatic heterocycles. The van der Waals surface area contributed by atoms with Crippen molar-refractivity contribution in [2.24, 2.45) is 0 Å². The van der Waals surface area contributed by atoms with Crippen LogP contribution in [0.2, 0.25) is 0 Å². The summed E-state index contributed by atoms with van der Waals surface area (Å²) < 4.78 is 0. The Morgan fingerprint density at radius 1 is 0.882 bits per heavy atom. The average molecular weight is 466 g/mol. The Labute approximate surface area is 199 Å². The largest absolute Gasteiger partial charge is 0.481 e. The molecule has 0 aliphatic carbocycles. The zero-order valence-corrected chi connectivity index (χ0v) is 19.4. The maximum absolute atomic E-state index is 12.0. The van der Waals surface area contributed by atoms with Gasteiger partial charge in [-0.15, -0.1) is 0 Å². The topological polar surface area (TPSA) is 96.4 Å². The minimum absolute atomic E-state index is 0.149. The van der Waals surface area contributed by atoms with Crippen molar-refractivity contribution in [2.75, 3.05) is 61.0 Å². The van der Waals surface area contributed by atoms with Crippen LogP contribution in [0.4, 0.5) is 21.9 Å². The van der Waals surface area contributed by atoms with Gasteiger partial charge in [-0.3, -0.25) is 19.8 Å². The Hall–Kier alpha value is -3.59. The highest BCUT2D eigenvalue weighted by Gasteiger charge is 2.24. The van der Waals surface area contributed by atoms with Crippen molar-refractivity contribution in [1.29, 1.82) is 0 Å². The van der Waals surface area contributed by atoms with Crippen LogP contribution in [0.25, 0.3) is 0 Å². The number of carboxylic acids is 1. The number of hydrogen-bond acceptors (Lipinski definition) is 6. The van der Waals surface area contributed by atoms with Crippen molar-refractivity contribution in [3.05, 3.63) is 54.1 Å².